The SMILES string of the molecule is CN(c1ccc(Cl)cc1)c1ccc2c(-c3cc4nccc(C(=O)O)c4[nH]3)nn(C)c2c1. The Bertz CT molecular complexity index is 1450. The Morgan fingerprint density at radius 2 is 1.84 bits per heavy atom. The van der Waals surface area contributed by atoms with Gasteiger partial charge in [-0.1, -0.05) is 11.6 Å². The van der Waals surface area contributed by atoms with Crippen LogP contribution in [0.5, 0.6) is 0 Å². The number of nitrogens with one attached hydrogen (secondary N) is 1. The largest absolute Gasteiger partial charge is 0.478 e. The van der Waals surface area contributed by atoms with E-state index in [1.807, 2.05) is 61.2 Å². The van der Waals surface area contributed by atoms with Crippen molar-refractivity contribution in [3.63, 3.8) is 0 Å². The van der Waals surface area contributed by atoms with Crippen LogP contribution in [0.4, 0.5) is 11.4 Å². The summed E-state index contributed by atoms with van der Waals surface area (Å²) in [6.45, 7) is 0. The summed E-state index contributed by atoms with van der Waals surface area (Å²) in [6, 6.07) is 17.1. The number of carboxylic acids is 1. The standard InChI is InChI=1S/C23H18ClN5O2/c1-28(14-5-3-13(24)4-6-14)15-7-8-16-20(11-15)29(2)27-22(16)19-12-18-21(26-19)17(23(30)31)9-10-25-18/h3-12,26H,1-2H3,(H,30,31). The first kappa shape index (κ1) is 19.1. The highest BCUT2D eigenvalue weighted by Crippen LogP contribution is 2.33. The summed E-state index contributed by atoms with van der Waals surface area (Å²) < 4.78 is 1.82. The lowest BCUT2D eigenvalue weighted by atomic mass is 10.1. The summed E-state index contributed by atoms with van der Waals surface area (Å²) in [7, 11) is 3.89. The monoisotopic (exact) mass is 431 g/mol. The average Bonchev–Trinajstić information content (AvgIpc) is 3.34. The van der Waals surface area contributed by atoms with Gasteiger partial charge in [0.2, 0.25) is 0 Å². The lowest BCUT2D eigenvalue weighted by molar-refractivity contribution is 0.0698. The van der Waals surface area contributed by atoms with Gasteiger partial charge in [0.25, 0.3) is 0 Å². The maximum absolute atomic E-state index is 11.5. The van der Waals surface area contributed by atoms with E-state index >= 15 is 0 Å². The highest BCUT2D eigenvalue weighted by atomic mass is 35.5. The summed E-state index contributed by atoms with van der Waals surface area (Å²) in [5, 5.41) is 15.8. The molecule has 154 valence electrons. The van der Waals surface area contributed by atoms with Gasteiger partial charge >= 0.3 is 5.97 Å². The van der Waals surface area contributed by atoms with E-state index in [9.17, 15) is 9.90 Å². The number of pyridine rings is 1. The van der Waals surface area contributed by atoms with Crippen molar-refractivity contribution in [2.75, 3.05) is 11.9 Å². The van der Waals surface area contributed by atoms with Crippen molar-refractivity contribution in [2.45, 2.75) is 0 Å². The van der Waals surface area contributed by atoms with Crippen LogP contribution < -0.4 is 4.90 Å². The number of carbonyl (C=O) groups is 1. The van der Waals surface area contributed by atoms with E-state index in [-0.39, 0.29) is 5.56 Å². The molecular weight excluding hydrogens is 414 g/mol. The second kappa shape index (κ2) is 7.14. The van der Waals surface area contributed by atoms with Crippen LogP contribution in [0.25, 0.3) is 33.3 Å². The molecule has 31 heavy (non-hydrogen) atoms. The van der Waals surface area contributed by atoms with Gasteiger partial charge in [-0.15, -0.1) is 0 Å². The second-order valence-corrected chi connectivity index (χ2v) is 7.75. The Kier molecular flexibility index (Phi) is 4.41. The summed E-state index contributed by atoms with van der Waals surface area (Å²) in [4.78, 5) is 21.1. The molecule has 0 saturated carbocycles. The van der Waals surface area contributed by atoms with Crippen molar-refractivity contribution in [1.29, 1.82) is 0 Å². The zero-order chi connectivity index (χ0) is 21.7. The van der Waals surface area contributed by atoms with Crippen molar-refractivity contribution in [3.8, 4) is 11.4 Å². The van der Waals surface area contributed by atoms with Crippen LogP contribution in [0.1, 0.15) is 10.4 Å². The van der Waals surface area contributed by atoms with E-state index < -0.39 is 5.97 Å². The minimum Gasteiger partial charge on any atom is -0.478 e. The number of hydrogen-bond donors (Lipinski definition) is 2. The molecule has 0 aliphatic heterocycles. The zero-order valence-corrected chi connectivity index (χ0v) is 17.6. The Labute approximate surface area is 182 Å². The van der Waals surface area contributed by atoms with E-state index in [4.69, 9.17) is 11.6 Å². The van der Waals surface area contributed by atoms with Crippen LogP contribution in [-0.2, 0) is 7.05 Å². The van der Waals surface area contributed by atoms with Gasteiger partial charge in [-0.05, 0) is 54.6 Å². The van der Waals surface area contributed by atoms with Crippen molar-refractivity contribution in [3.05, 3.63) is 71.4 Å². The Morgan fingerprint density at radius 3 is 2.58 bits per heavy atom. The molecule has 5 aromatic rings. The van der Waals surface area contributed by atoms with E-state index in [1.54, 1.807) is 0 Å². The maximum atomic E-state index is 11.5. The molecule has 0 spiro atoms. The molecule has 0 aliphatic carbocycles. The van der Waals surface area contributed by atoms with Gasteiger partial charge < -0.3 is 15.0 Å². The van der Waals surface area contributed by atoms with Gasteiger partial charge in [-0.2, -0.15) is 5.10 Å². The number of aromatic amines is 1. The molecule has 0 unspecified atom stereocenters. The maximum Gasteiger partial charge on any atom is 0.337 e. The zero-order valence-electron chi connectivity index (χ0n) is 16.8. The van der Waals surface area contributed by atoms with Gasteiger partial charge in [-0.3, -0.25) is 9.67 Å². The number of anilines is 2. The number of aromatic carboxylic acids is 1. The van der Waals surface area contributed by atoms with Gasteiger partial charge in [-0.25, -0.2) is 4.79 Å². The fraction of sp³-hybridized carbons (Fsp3) is 0.0870. The minimum atomic E-state index is -0.999. The van der Waals surface area contributed by atoms with Gasteiger partial charge in [0, 0.05) is 42.1 Å². The van der Waals surface area contributed by atoms with Crippen LogP contribution in [0.2, 0.25) is 5.02 Å². The summed E-state index contributed by atoms with van der Waals surface area (Å²) in [6.07, 6.45) is 1.50. The number of benzene rings is 2. The molecule has 0 radical (unpaired) electrons. The molecular formula is C23H18ClN5O2. The summed E-state index contributed by atoms with van der Waals surface area (Å²) in [5.41, 5.74) is 5.72. The first-order chi connectivity index (χ1) is 14.9. The number of carboxylic acid groups (broad SMARTS) is 1. The molecule has 0 amide bonds. The Hall–Kier alpha value is -3.84. The fourth-order valence-corrected chi connectivity index (χ4v) is 3.93. The molecule has 3 heterocycles. The van der Waals surface area contributed by atoms with Gasteiger partial charge in [0.05, 0.1) is 27.8 Å². The molecule has 7 nitrogen and oxygen atoms in total. The third-order valence-corrected chi connectivity index (χ3v) is 5.69. The van der Waals surface area contributed by atoms with Gasteiger partial charge in [0.1, 0.15) is 5.69 Å². The van der Waals surface area contributed by atoms with Crippen LogP contribution in [0, 0.1) is 0 Å². The highest BCUT2D eigenvalue weighted by Gasteiger charge is 2.17. The number of H-pyrrole nitrogens is 1. The summed E-state index contributed by atoms with van der Waals surface area (Å²) >= 11 is 6.01. The normalized spacial score (nSPS) is 11.3. The molecule has 5 rings (SSSR count). The molecule has 8 heteroatoms. The highest BCUT2D eigenvalue weighted by molar-refractivity contribution is 6.30. The Morgan fingerprint density at radius 1 is 1.10 bits per heavy atom. The van der Waals surface area contributed by atoms with Crippen LogP contribution in [0.3, 0.4) is 0 Å². The third kappa shape index (κ3) is 3.19. The lowest BCUT2D eigenvalue weighted by Crippen LogP contribution is -2.09. The fourth-order valence-electron chi connectivity index (χ4n) is 3.80. The number of rotatable bonds is 4. The van der Waals surface area contributed by atoms with Crippen LogP contribution in [0.15, 0.2) is 60.8 Å². The molecule has 0 atom stereocenters. The number of halogens is 1. The van der Waals surface area contributed by atoms with E-state index in [1.165, 1.54) is 12.3 Å². The van der Waals surface area contributed by atoms with Crippen LogP contribution in [-0.4, -0.2) is 37.9 Å². The van der Waals surface area contributed by atoms with Crippen LogP contribution >= 0.6 is 11.6 Å². The molecule has 0 aliphatic rings. The first-order valence-electron chi connectivity index (χ1n) is 9.60. The quantitative estimate of drug-likeness (QED) is 0.406. The molecule has 2 N–H and O–H groups in total. The third-order valence-electron chi connectivity index (χ3n) is 5.44. The molecule has 3 aromatic heterocycles. The van der Waals surface area contributed by atoms with E-state index in [2.05, 4.69) is 26.0 Å². The molecule has 0 fully saturated rings. The Balaban J connectivity index is 1.60. The number of aryl methyl sites for hydroxylation is 1. The number of hydrogen-bond acceptors (Lipinski definition) is 4. The first-order valence-corrected chi connectivity index (χ1v) is 9.97. The average molecular weight is 432 g/mol. The number of fused-ring (bicyclic) bond motifs is 2. The molecule has 2 aromatic carbocycles. The number of nitrogens with zero attached hydrogens (tertiary/aromatic N) is 4. The summed E-state index contributed by atoms with van der Waals surface area (Å²) in [5.74, 6) is -0.999. The predicted octanol–water partition coefficient (Wildman–Crippen LogP) is 5.24. The lowest BCUT2D eigenvalue weighted by Gasteiger charge is -2.19. The molecule has 0 saturated heterocycles. The van der Waals surface area contributed by atoms with Crippen molar-refractivity contribution >= 4 is 50.9 Å². The number of aromatic nitrogens is 4. The minimum absolute atomic E-state index is 0.184. The van der Waals surface area contributed by atoms with E-state index in [0.717, 1.165) is 33.7 Å². The second-order valence-electron chi connectivity index (χ2n) is 7.32. The van der Waals surface area contributed by atoms with Crippen molar-refractivity contribution < 1.29 is 9.90 Å². The topological polar surface area (TPSA) is 87.0 Å². The van der Waals surface area contributed by atoms with Gasteiger partial charge in [0.15, 0.2) is 0 Å². The molecule has 0 bridgehead atoms. The smallest absolute Gasteiger partial charge is 0.337 e. The van der Waals surface area contributed by atoms with Crippen molar-refractivity contribution in [1.82, 2.24) is 19.7 Å². The van der Waals surface area contributed by atoms with Crippen molar-refractivity contribution in [2.24, 2.45) is 7.05 Å². The predicted molar refractivity (Wildman–Crippen MR) is 122 cm³/mol. The van der Waals surface area contributed by atoms with E-state index in [0.29, 0.717) is 16.1 Å².